The molecule has 5 rings (SSSR count). The molecule has 1 saturated carbocycles. The maximum Gasteiger partial charge on any atom is 0.305 e. The molecule has 1 saturated heterocycles. The Hall–Kier alpha value is -4.37. The fraction of sp³-hybridized carbons (Fsp3) is 0.344. The zero-order chi connectivity index (χ0) is 28.6. The van der Waals surface area contributed by atoms with Gasteiger partial charge in [-0.15, -0.1) is 0 Å². The second kappa shape index (κ2) is 13.3. The fourth-order valence-corrected chi connectivity index (χ4v) is 4.90. The number of hydrogen-bond acceptors (Lipinski definition) is 6. The molecule has 9 nitrogen and oxygen atoms in total. The van der Waals surface area contributed by atoms with E-state index in [4.69, 9.17) is 14.6 Å². The van der Waals surface area contributed by atoms with Crippen LogP contribution < -0.4 is 15.0 Å². The molecule has 0 radical (unpaired) electrons. The van der Waals surface area contributed by atoms with E-state index in [1.165, 1.54) is 0 Å². The topological polar surface area (TPSA) is 108 Å². The number of benzene rings is 3. The van der Waals surface area contributed by atoms with Crippen molar-refractivity contribution in [2.45, 2.75) is 25.8 Å². The molecule has 3 aromatic carbocycles. The van der Waals surface area contributed by atoms with E-state index >= 15 is 0 Å². The van der Waals surface area contributed by atoms with E-state index in [1.807, 2.05) is 60.7 Å². The highest BCUT2D eigenvalue weighted by Gasteiger charge is 2.33. The second-order valence-corrected chi connectivity index (χ2v) is 10.4. The van der Waals surface area contributed by atoms with Crippen LogP contribution in [0.25, 0.3) is 11.1 Å². The number of aliphatic carboxylic acids is 1. The summed E-state index contributed by atoms with van der Waals surface area (Å²) in [5.74, 6) is -0.524. The van der Waals surface area contributed by atoms with Gasteiger partial charge in [0.15, 0.2) is 6.61 Å². The summed E-state index contributed by atoms with van der Waals surface area (Å²) < 4.78 is 11.2. The van der Waals surface area contributed by atoms with Crippen LogP contribution in [0.2, 0.25) is 0 Å². The van der Waals surface area contributed by atoms with Crippen molar-refractivity contribution < 1.29 is 29.0 Å². The molecule has 214 valence electrons. The summed E-state index contributed by atoms with van der Waals surface area (Å²) in [4.78, 5) is 40.8. The first kappa shape index (κ1) is 28.2. The number of carboxylic acid groups (broad SMARTS) is 1. The maximum atomic E-state index is 12.9. The number of amides is 2. The smallest absolute Gasteiger partial charge is 0.305 e. The third kappa shape index (κ3) is 7.85. The molecule has 0 unspecified atom stereocenters. The van der Waals surface area contributed by atoms with Gasteiger partial charge in [0.2, 0.25) is 5.91 Å². The van der Waals surface area contributed by atoms with Crippen molar-refractivity contribution >= 4 is 29.2 Å². The van der Waals surface area contributed by atoms with Crippen LogP contribution in [0.1, 0.15) is 24.8 Å². The summed E-state index contributed by atoms with van der Waals surface area (Å²) in [6, 6.07) is 23.1. The number of rotatable bonds is 12. The van der Waals surface area contributed by atoms with Gasteiger partial charge >= 0.3 is 5.97 Å². The largest absolute Gasteiger partial charge is 0.484 e. The number of ether oxygens (including phenoxy) is 2. The minimum Gasteiger partial charge on any atom is -0.484 e. The number of carboxylic acids is 1. The van der Waals surface area contributed by atoms with Crippen LogP contribution in [0, 0.1) is 5.92 Å². The predicted octanol–water partition coefficient (Wildman–Crippen LogP) is 4.42. The summed E-state index contributed by atoms with van der Waals surface area (Å²) in [6.45, 7) is 3.10. The highest BCUT2D eigenvalue weighted by Crippen LogP contribution is 2.34. The van der Waals surface area contributed by atoms with Crippen molar-refractivity contribution in [2.75, 3.05) is 49.7 Å². The first-order chi connectivity index (χ1) is 20.0. The van der Waals surface area contributed by atoms with Crippen LogP contribution >= 0.6 is 0 Å². The Bertz CT molecular complexity index is 1370. The van der Waals surface area contributed by atoms with Gasteiger partial charge in [-0.2, -0.15) is 0 Å². The lowest BCUT2D eigenvalue weighted by molar-refractivity contribution is -0.139. The van der Waals surface area contributed by atoms with Crippen LogP contribution in [0.15, 0.2) is 72.8 Å². The SMILES string of the molecule is O=C(O)CCN(Cc1cccc(-c2ccc(N3CCOCC3)c(NC(=O)COc3ccccc3)c2)c1)C(=O)C1CC1. The van der Waals surface area contributed by atoms with Gasteiger partial charge < -0.3 is 29.7 Å². The Balaban J connectivity index is 1.36. The summed E-state index contributed by atoms with van der Waals surface area (Å²) in [5, 5.41) is 12.2. The summed E-state index contributed by atoms with van der Waals surface area (Å²) >= 11 is 0. The molecule has 1 aliphatic carbocycles. The van der Waals surface area contributed by atoms with E-state index < -0.39 is 5.97 Å². The number of para-hydroxylation sites is 1. The van der Waals surface area contributed by atoms with Gasteiger partial charge in [0.25, 0.3) is 5.91 Å². The summed E-state index contributed by atoms with van der Waals surface area (Å²) in [5.41, 5.74) is 4.36. The molecule has 0 spiro atoms. The molecule has 2 fully saturated rings. The highest BCUT2D eigenvalue weighted by molar-refractivity contribution is 5.96. The lowest BCUT2D eigenvalue weighted by Gasteiger charge is -2.31. The van der Waals surface area contributed by atoms with Gasteiger partial charge in [0.05, 0.1) is 31.0 Å². The molecule has 0 bridgehead atoms. The third-order valence-electron chi connectivity index (χ3n) is 7.20. The standard InChI is InChI=1S/C32H35N3O6/c36-30(22-41-27-7-2-1-3-8-27)33-28-20-26(11-12-29(28)34-15-17-40-18-16-34)25-6-4-5-23(19-25)21-35(14-13-31(37)38)32(39)24-9-10-24/h1-8,11-12,19-20,24H,9-10,13-18,21-22H2,(H,33,36)(H,37,38). The molecule has 1 aliphatic heterocycles. The van der Waals surface area contributed by atoms with E-state index in [9.17, 15) is 14.4 Å². The Morgan fingerprint density at radius 1 is 0.951 bits per heavy atom. The van der Waals surface area contributed by atoms with Crippen LogP contribution in [-0.4, -0.2) is 67.2 Å². The van der Waals surface area contributed by atoms with Crippen molar-refractivity contribution in [1.82, 2.24) is 4.90 Å². The van der Waals surface area contributed by atoms with Crippen LogP contribution in [0.4, 0.5) is 11.4 Å². The number of carbonyl (C=O) groups excluding carboxylic acids is 2. The normalized spacial score (nSPS) is 14.8. The van der Waals surface area contributed by atoms with E-state index in [2.05, 4.69) is 10.2 Å². The molecule has 41 heavy (non-hydrogen) atoms. The van der Waals surface area contributed by atoms with Gasteiger partial charge in [-0.1, -0.05) is 42.5 Å². The Morgan fingerprint density at radius 3 is 2.44 bits per heavy atom. The number of nitrogens with zero attached hydrogens (tertiary/aromatic N) is 2. The maximum absolute atomic E-state index is 12.9. The first-order valence-electron chi connectivity index (χ1n) is 14.0. The molecule has 0 aromatic heterocycles. The van der Waals surface area contributed by atoms with E-state index in [-0.39, 0.29) is 37.3 Å². The van der Waals surface area contributed by atoms with Crippen molar-refractivity contribution in [2.24, 2.45) is 5.92 Å². The van der Waals surface area contributed by atoms with Crippen molar-refractivity contribution in [3.63, 3.8) is 0 Å². The zero-order valence-electron chi connectivity index (χ0n) is 23.0. The van der Waals surface area contributed by atoms with Crippen molar-refractivity contribution in [1.29, 1.82) is 0 Å². The van der Waals surface area contributed by atoms with Crippen molar-refractivity contribution in [3.05, 3.63) is 78.4 Å². The minimum absolute atomic E-state index is 0.0109. The lowest BCUT2D eigenvalue weighted by atomic mass is 10.0. The molecule has 3 aromatic rings. The first-order valence-corrected chi connectivity index (χ1v) is 14.0. The monoisotopic (exact) mass is 557 g/mol. The average Bonchev–Trinajstić information content (AvgIpc) is 3.85. The lowest BCUT2D eigenvalue weighted by Crippen LogP contribution is -2.37. The number of morpholine rings is 1. The molecular weight excluding hydrogens is 522 g/mol. The van der Waals surface area contributed by atoms with E-state index in [0.29, 0.717) is 31.2 Å². The molecule has 0 atom stereocenters. The van der Waals surface area contributed by atoms with E-state index in [0.717, 1.165) is 48.3 Å². The zero-order valence-corrected chi connectivity index (χ0v) is 23.0. The minimum atomic E-state index is -0.920. The predicted molar refractivity (Wildman–Crippen MR) is 156 cm³/mol. The number of anilines is 2. The molecule has 2 N–H and O–H groups in total. The van der Waals surface area contributed by atoms with Crippen molar-refractivity contribution in [3.8, 4) is 16.9 Å². The number of hydrogen-bond donors (Lipinski definition) is 2. The second-order valence-electron chi connectivity index (χ2n) is 10.4. The quantitative estimate of drug-likeness (QED) is 0.339. The van der Waals surface area contributed by atoms with Crippen LogP contribution in [-0.2, 0) is 25.7 Å². The van der Waals surface area contributed by atoms with Gasteiger partial charge in [-0.3, -0.25) is 14.4 Å². The van der Waals surface area contributed by atoms with Crippen LogP contribution in [0.5, 0.6) is 5.75 Å². The van der Waals surface area contributed by atoms with Crippen LogP contribution in [0.3, 0.4) is 0 Å². The summed E-state index contributed by atoms with van der Waals surface area (Å²) in [6.07, 6.45) is 1.64. The molecule has 2 amide bonds. The third-order valence-corrected chi connectivity index (χ3v) is 7.20. The van der Waals surface area contributed by atoms with Gasteiger partial charge in [0.1, 0.15) is 5.75 Å². The van der Waals surface area contributed by atoms with Gasteiger partial charge in [-0.05, 0) is 59.9 Å². The molecule has 1 heterocycles. The summed E-state index contributed by atoms with van der Waals surface area (Å²) in [7, 11) is 0. The molecule has 2 aliphatic rings. The number of carbonyl (C=O) groups is 3. The average molecular weight is 558 g/mol. The Labute approximate surface area is 239 Å². The van der Waals surface area contributed by atoms with E-state index in [1.54, 1.807) is 17.0 Å². The highest BCUT2D eigenvalue weighted by atomic mass is 16.5. The fourth-order valence-electron chi connectivity index (χ4n) is 4.90. The number of nitrogens with one attached hydrogen (secondary N) is 1. The molecule has 9 heteroatoms. The van der Waals surface area contributed by atoms with Gasteiger partial charge in [-0.25, -0.2) is 0 Å². The Morgan fingerprint density at radius 2 is 1.71 bits per heavy atom. The molecular formula is C32H35N3O6. The van der Waals surface area contributed by atoms with Gasteiger partial charge in [0, 0.05) is 32.1 Å². The Kier molecular flexibility index (Phi) is 9.15.